The summed E-state index contributed by atoms with van der Waals surface area (Å²) in [6.07, 6.45) is 4.44. The van der Waals surface area contributed by atoms with E-state index in [0.29, 0.717) is 6.42 Å². The van der Waals surface area contributed by atoms with E-state index in [1.165, 1.54) is 6.42 Å². The van der Waals surface area contributed by atoms with Crippen molar-refractivity contribution < 1.29 is 5.11 Å². The molecule has 68 valence electrons. The highest BCUT2D eigenvalue weighted by Crippen LogP contribution is 2.14. The molecule has 1 heterocycles. The van der Waals surface area contributed by atoms with E-state index in [9.17, 15) is 5.11 Å². The van der Waals surface area contributed by atoms with E-state index in [1.54, 1.807) is 0 Å². The van der Waals surface area contributed by atoms with Crippen molar-refractivity contribution in [3.05, 3.63) is 0 Å². The third-order valence-electron chi connectivity index (χ3n) is 2.31. The molecule has 0 amide bonds. The summed E-state index contributed by atoms with van der Waals surface area (Å²) >= 11 is 0. The minimum atomic E-state index is -0.252. The fourth-order valence-corrected chi connectivity index (χ4v) is 1.60. The van der Waals surface area contributed by atoms with E-state index in [1.807, 2.05) is 0 Å². The van der Waals surface area contributed by atoms with Crippen LogP contribution in [0.5, 0.6) is 0 Å². The molecule has 1 N–H and O–H groups in total. The molecule has 0 unspecified atom stereocenters. The highest BCUT2D eigenvalue weighted by Gasteiger charge is 2.18. The number of hydrogen-bond donors (Lipinski definition) is 1. The summed E-state index contributed by atoms with van der Waals surface area (Å²) in [4.78, 5) is 2.07. The summed E-state index contributed by atoms with van der Waals surface area (Å²) in [5.74, 6) is 0. The zero-order chi connectivity index (χ0) is 8.81. The van der Waals surface area contributed by atoms with Gasteiger partial charge in [-0.05, 0) is 25.7 Å². The fourth-order valence-electron chi connectivity index (χ4n) is 1.60. The van der Waals surface area contributed by atoms with Crippen LogP contribution in [0.3, 0.4) is 0 Å². The Bertz CT molecular complexity index is 164. The number of aliphatic hydroxyl groups excluding tert-OH is 1. The maximum atomic E-state index is 9.51. The monoisotopic (exact) mass is 168 g/mol. The minimum absolute atomic E-state index is 0.252. The molecule has 0 aromatic heterocycles. The van der Waals surface area contributed by atoms with Crippen molar-refractivity contribution >= 4 is 0 Å². The Morgan fingerprint density at radius 3 is 3.00 bits per heavy atom. The lowest BCUT2D eigenvalue weighted by atomic mass is 10.1. The van der Waals surface area contributed by atoms with Gasteiger partial charge < -0.3 is 5.11 Å². The van der Waals surface area contributed by atoms with Crippen LogP contribution < -0.4 is 0 Å². The van der Waals surface area contributed by atoms with E-state index < -0.39 is 0 Å². The summed E-state index contributed by atoms with van der Waals surface area (Å²) < 4.78 is 0. The normalized spacial score (nSPS) is 25.2. The van der Waals surface area contributed by atoms with Crippen molar-refractivity contribution in [3.63, 3.8) is 0 Å². The first-order valence-electron chi connectivity index (χ1n) is 4.63. The molecule has 0 aromatic rings. The van der Waals surface area contributed by atoms with Gasteiger partial charge in [0.15, 0.2) is 0 Å². The van der Waals surface area contributed by atoms with Gasteiger partial charge in [0.1, 0.15) is 6.23 Å². The van der Waals surface area contributed by atoms with Crippen molar-refractivity contribution in [3.8, 4) is 6.07 Å². The average molecular weight is 168 g/mol. The van der Waals surface area contributed by atoms with Gasteiger partial charge >= 0.3 is 0 Å². The number of unbranched alkanes of at least 4 members (excludes halogenated alkanes) is 1. The molecular formula is C9H16N2O. The summed E-state index contributed by atoms with van der Waals surface area (Å²) in [7, 11) is 0. The molecule has 0 aliphatic carbocycles. The average Bonchev–Trinajstić information content (AvgIpc) is 2.09. The molecule has 0 bridgehead atoms. The molecule has 0 spiro atoms. The van der Waals surface area contributed by atoms with Crippen LogP contribution in [0.25, 0.3) is 0 Å². The predicted molar refractivity (Wildman–Crippen MR) is 46.3 cm³/mol. The van der Waals surface area contributed by atoms with E-state index in [-0.39, 0.29) is 6.23 Å². The molecule has 1 fully saturated rings. The first-order chi connectivity index (χ1) is 5.84. The maximum Gasteiger partial charge on any atom is 0.107 e. The van der Waals surface area contributed by atoms with Gasteiger partial charge in [0.05, 0.1) is 6.07 Å². The molecule has 3 heteroatoms. The lowest BCUT2D eigenvalue weighted by molar-refractivity contribution is -0.0238. The third-order valence-corrected chi connectivity index (χ3v) is 2.31. The van der Waals surface area contributed by atoms with Crippen molar-refractivity contribution in [1.82, 2.24) is 4.90 Å². The lowest BCUT2D eigenvalue weighted by Gasteiger charge is -2.31. The molecule has 1 saturated heterocycles. The first kappa shape index (κ1) is 9.50. The van der Waals surface area contributed by atoms with Gasteiger partial charge in [-0.25, -0.2) is 0 Å². The molecule has 1 atom stereocenters. The van der Waals surface area contributed by atoms with Crippen molar-refractivity contribution in [1.29, 1.82) is 5.26 Å². The van der Waals surface area contributed by atoms with E-state index in [0.717, 1.165) is 32.4 Å². The molecule has 1 aliphatic rings. The zero-order valence-corrected chi connectivity index (χ0v) is 7.37. The van der Waals surface area contributed by atoms with Crippen LogP contribution in [-0.4, -0.2) is 29.3 Å². The molecule has 0 radical (unpaired) electrons. The zero-order valence-electron chi connectivity index (χ0n) is 7.37. The van der Waals surface area contributed by atoms with Gasteiger partial charge in [-0.15, -0.1) is 0 Å². The Morgan fingerprint density at radius 2 is 2.33 bits per heavy atom. The highest BCUT2D eigenvalue weighted by atomic mass is 16.3. The number of nitrogens with zero attached hydrogens (tertiary/aromatic N) is 2. The molecular weight excluding hydrogens is 152 g/mol. The number of likely N-dealkylation sites (tertiary alicyclic amines) is 1. The Balaban J connectivity index is 2.16. The first-order valence-corrected chi connectivity index (χ1v) is 4.63. The summed E-state index contributed by atoms with van der Waals surface area (Å²) in [5.41, 5.74) is 0. The summed E-state index contributed by atoms with van der Waals surface area (Å²) in [5, 5.41) is 17.8. The largest absolute Gasteiger partial charge is 0.378 e. The SMILES string of the molecule is N#CCCCN1CCCC[C@@H]1O. The molecule has 12 heavy (non-hydrogen) atoms. The Morgan fingerprint density at radius 1 is 1.50 bits per heavy atom. The quantitative estimate of drug-likeness (QED) is 0.642. The fraction of sp³-hybridized carbons (Fsp3) is 0.889. The van der Waals surface area contributed by atoms with Crippen LogP contribution in [0.4, 0.5) is 0 Å². The molecule has 3 nitrogen and oxygen atoms in total. The third kappa shape index (κ3) is 2.80. The molecule has 1 rings (SSSR count). The van der Waals surface area contributed by atoms with Crippen LogP contribution in [-0.2, 0) is 0 Å². The number of rotatable bonds is 3. The minimum Gasteiger partial charge on any atom is -0.378 e. The molecule has 0 aromatic carbocycles. The van der Waals surface area contributed by atoms with E-state index >= 15 is 0 Å². The van der Waals surface area contributed by atoms with Gasteiger partial charge in [0.2, 0.25) is 0 Å². The second-order valence-electron chi connectivity index (χ2n) is 3.27. The number of nitriles is 1. The van der Waals surface area contributed by atoms with Crippen LogP contribution in [0.15, 0.2) is 0 Å². The maximum absolute atomic E-state index is 9.51. The van der Waals surface area contributed by atoms with Gasteiger partial charge in [0, 0.05) is 19.5 Å². The number of aliphatic hydroxyl groups is 1. The highest BCUT2D eigenvalue weighted by molar-refractivity contribution is 4.73. The number of hydrogen-bond acceptors (Lipinski definition) is 3. The topological polar surface area (TPSA) is 47.3 Å². The second kappa shape index (κ2) is 5.13. The van der Waals surface area contributed by atoms with Crippen molar-refractivity contribution in [2.75, 3.05) is 13.1 Å². The van der Waals surface area contributed by atoms with E-state index in [4.69, 9.17) is 5.26 Å². The van der Waals surface area contributed by atoms with Crippen LogP contribution in [0.2, 0.25) is 0 Å². The Kier molecular flexibility index (Phi) is 4.06. The van der Waals surface area contributed by atoms with E-state index in [2.05, 4.69) is 11.0 Å². The Labute approximate surface area is 73.6 Å². The van der Waals surface area contributed by atoms with Crippen molar-refractivity contribution in [2.45, 2.75) is 38.3 Å². The van der Waals surface area contributed by atoms with Gasteiger partial charge in [-0.2, -0.15) is 5.26 Å². The van der Waals surface area contributed by atoms with Gasteiger partial charge in [-0.1, -0.05) is 0 Å². The summed E-state index contributed by atoms with van der Waals surface area (Å²) in [6, 6.07) is 2.11. The smallest absolute Gasteiger partial charge is 0.107 e. The molecule has 1 aliphatic heterocycles. The van der Waals surface area contributed by atoms with Gasteiger partial charge in [0.25, 0.3) is 0 Å². The molecule has 0 saturated carbocycles. The van der Waals surface area contributed by atoms with Gasteiger partial charge in [-0.3, -0.25) is 4.90 Å². The predicted octanol–water partition coefficient (Wildman–Crippen LogP) is 1.09. The van der Waals surface area contributed by atoms with Crippen LogP contribution >= 0.6 is 0 Å². The number of piperidine rings is 1. The second-order valence-corrected chi connectivity index (χ2v) is 3.27. The Hall–Kier alpha value is -0.590. The van der Waals surface area contributed by atoms with Crippen LogP contribution in [0.1, 0.15) is 32.1 Å². The standard InChI is InChI=1S/C9H16N2O/c10-6-2-4-8-11-7-3-1-5-9(11)12/h9,12H,1-5,7-8H2/t9-/m0/s1. The van der Waals surface area contributed by atoms with Crippen molar-refractivity contribution in [2.24, 2.45) is 0 Å². The van der Waals surface area contributed by atoms with Crippen LogP contribution in [0, 0.1) is 11.3 Å². The lowest BCUT2D eigenvalue weighted by Crippen LogP contribution is -2.39. The summed E-state index contributed by atoms with van der Waals surface area (Å²) in [6.45, 7) is 1.86.